The molecule has 0 aromatic carbocycles. The minimum atomic E-state index is -4.62. The first kappa shape index (κ1) is 8.13. The summed E-state index contributed by atoms with van der Waals surface area (Å²) in [5.41, 5.74) is -0.280. The van der Waals surface area contributed by atoms with Crippen LogP contribution in [0.25, 0.3) is 0 Å². The number of aliphatic hydroxyl groups is 1. The van der Waals surface area contributed by atoms with Crippen LogP contribution in [0.1, 0.15) is 11.7 Å². The minimum Gasteiger partial charge on any atom is -0.472 e. The molecule has 2 nitrogen and oxygen atoms in total. The van der Waals surface area contributed by atoms with Crippen molar-refractivity contribution in [3.05, 3.63) is 24.2 Å². The van der Waals surface area contributed by atoms with Gasteiger partial charge in [-0.15, -0.1) is 0 Å². The van der Waals surface area contributed by atoms with Gasteiger partial charge in [-0.05, 0) is 6.07 Å². The van der Waals surface area contributed by atoms with E-state index in [-0.39, 0.29) is 5.56 Å². The molecule has 1 N–H and O–H groups in total. The summed E-state index contributed by atoms with van der Waals surface area (Å²) in [6.07, 6.45) is -5.13. The number of hydrogen-bond acceptors (Lipinski definition) is 2. The highest BCUT2D eigenvalue weighted by Crippen LogP contribution is 2.32. The van der Waals surface area contributed by atoms with Crippen LogP contribution in [0.2, 0.25) is 0 Å². The summed E-state index contributed by atoms with van der Waals surface area (Å²) in [7, 11) is 0. The van der Waals surface area contributed by atoms with Crippen molar-refractivity contribution >= 4 is 0 Å². The summed E-state index contributed by atoms with van der Waals surface area (Å²) in [5, 5.41) is 8.56. The Hall–Kier alpha value is -0.970. The van der Waals surface area contributed by atoms with E-state index in [0.717, 1.165) is 18.6 Å². The van der Waals surface area contributed by atoms with E-state index >= 15 is 0 Å². The second-order valence-corrected chi connectivity index (χ2v) is 2.00. The maximum atomic E-state index is 11.7. The molecule has 0 spiro atoms. The van der Waals surface area contributed by atoms with E-state index in [1.807, 2.05) is 0 Å². The molecule has 0 amide bonds. The highest BCUT2D eigenvalue weighted by atomic mass is 19.4. The first-order valence-corrected chi connectivity index (χ1v) is 2.78. The first-order chi connectivity index (χ1) is 5.02. The second-order valence-electron chi connectivity index (χ2n) is 2.00. The van der Waals surface area contributed by atoms with E-state index in [2.05, 4.69) is 4.42 Å². The summed E-state index contributed by atoms with van der Waals surface area (Å²) in [4.78, 5) is 0. The fourth-order valence-corrected chi connectivity index (χ4v) is 0.620. The Morgan fingerprint density at radius 3 is 2.45 bits per heavy atom. The second kappa shape index (κ2) is 2.58. The molecule has 11 heavy (non-hydrogen) atoms. The summed E-state index contributed by atoms with van der Waals surface area (Å²) in [6, 6.07) is 1.07. The van der Waals surface area contributed by atoms with Crippen molar-refractivity contribution < 1.29 is 22.7 Å². The molecular weight excluding hydrogens is 161 g/mol. The normalized spacial score (nSPS) is 14.9. The van der Waals surface area contributed by atoms with Crippen LogP contribution in [-0.4, -0.2) is 11.3 Å². The van der Waals surface area contributed by atoms with Crippen molar-refractivity contribution in [2.24, 2.45) is 0 Å². The molecule has 1 rings (SSSR count). The van der Waals surface area contributed by atoms with Gasteiger partial charge in [-0.1, -0.05) is 0 Å². The number of aliphatic hydroxyl groups excluding tert-OH is 1. The molecule has 0 saturated carbocycles. The molecule has 1 aromatic rings. The third kappa shape index (κ3) is 1.74. The van der Waals surface area contributed by atoms with Gasteiger partial charge in [0.1, 0.15) is 0 Å². The number of rotatable bonds is 1. The summed E-state index contributed by atoms with van der Waals surface area (Å²) < 4.78 is 39.5. The predicted molar refractivity (Wildman–Crippen MR) is 29.7 cm³/mol. The van der Waals surface area contributed by atoms with E-state index in [1.54, 1.807) is 0 Å². The zero-order chi connectivity index (χ0) is 8.48. The van der Waals surface area contributed by atoms with Crippen LogP contribution < -0.4 is 0 Å². The largest absolute Gasteiger partial charge is 0.472 e. The van der Waals surface area contributed by atoms with Crippen LogP contribution in [-0.2, 0) is 0 Å². The first-order valence-electron chi connectivity index (χ1n) is 2.78. The lowest BCUT2D eigenvalue weighted by molar-refractivity contribution is -0.206. The van der Waals surface area contributed by atoms with Crippen LogP contribution in [0.3, 0.4) is 0 Å². The van der Waals surface area contributed by atoms with E-state index in [1.165, 1.54) is 0 Å². The summed E-state index contributed by atoms with van der Waals surface area (Å²) in [5.74, 6) is 0. The van der Waals surface area contributed by atoms with Crippen molar-refractivity contribution in [1.82, 2.24) is 0 Å². The van der Waals surface area contributed by atoms with Gasteiger partial charge in [0.05, 0.1) is 12.5 Å². The fraction of sp³-hybridized carbons (Fsp3) is 0.333. The molecule has 0 aliphatic heterocycles. The molecule has 1 atom stereocenters. The topological polar surface area (TPSA) is 33.4 Å². The highest BCUT2D eigenvalue weighted by Gasteiger charge is 2.39. The number of alkyl halides is 3. The lowest BCUT2D eigenvalue weighted by Gasteiger charge is -2.11. The molecular formula is C6H5F3O2. The van der Waals surface area contributed by atoms with Gasteiger partial charge in [0.25, 0.3) is 0 Å². The summed E-state index contributed by atoms with van der Waals surface area (Å²) >= 11 is 0. The molecule has 0 aliphatic carbocycles. The van der Waals surface area contributed by atoms with E-state index in [4.69, 9.17) is 5.11 Å². The maximum Gasteiger partial charge on any atom is 0.418 e. The van der Waals surface area contributed by atoms with Gasteiger partial charge in [-0.3, -0.25) is 0 Å². The molecule has 62 valence electrons. The van der Waals surface area contributed by atoms with Crippen LogP contribution in [0.5, 0.6) is 0 Å². The van der Waals surface area contributed by atoms with Gasteiger partial charge in [-0.2, -0.15) is 13.2 Å². The number of hydrogen-bond donors (Lipinski definition) is 1. The van der Waals surface area contributed by atoms with Gasteiger partial charge < -0.3 is 9.52 Å². The third-order valence-corrected chi connectivity index (χ3v) is 1.17. The Kier molecular flexibility index (Phi) is 1.90. The van der Waals surface area contributed by atoms with E-state index in [9.17, 15) is 13.2 Å². The Morgan fingerprint density at radius 1 is 1.45 bits per heavy atom. The average Bonchev–Trinajstić information content (AvgIpc) is 2.34. The Bertz CT molecular complexity index is 214. The quantitative estimate of drug-likeness (QED) is 0.690. The lowest BCUT2D eigenvalue weighted by Crippen LogP contribution is -2.19. The zero-order valence-corrected chi connectivity index (χ0v) is 5.30. The van der Waals surface area contributed by atoms with Gasteiger partial charge >= 0.3 is 6.18 Å². The van der Waals surface area contributed by atoms with Gasteiger partial charge in [0, 0.05) is 5.56 Å². The maximum absolute atomic E-state index is 11.7. The van der Waals surface area contributed by atoms with Crippen molar-refractivity contribution in [3.63, 3.8) is 0 Å². The van der Waals surface area contributed by atoms with Crippen LogP contribution >= 0.6 is 0 Å². The van der Waals surface area contributed by atoms with E-state index < -0.39 is 12.3 Å². The van der Waals surface area contributed by atoms with Crippen LogP contribution in [0, 0.1) is 0 Å². The molecule has 0 saturated heterocycles. The zero-order valence-electron chi connectivity index (χ0n) is 5.30. The Labute approximate surface area is 60.2 Å². The van der Waals surface area contributed by atoms with E-state index in [0.29, 0.717) is 0 Å². The molecule has 1 aromatic heterocycles. The molecule has 5 heteroatoms. The standard InChI is InChI=1S/C6H5F3O2/c7-6(8,9)5(10)4-1-2-11-3-4/h1-3,5,10H/t5-/m0/s1. The molecule has 0 bridgehead atoms. The Morgan fingerprint density at radius 2 is 2.09 bits per heavy atom. The van der Waals surface area contributed by atoms with Gasteiger partial charge in [0.15, 0.2) is 6.10 Å². The third-order valence-electron chi connectivity index (χ3n) is 1.17. The van der Waals surface area contributed by atoms with Crippen molar-refractivity contribution in [2.75, 3.05) is 0 Å². The van der Waals surface area contributed by atoms with Crippen LogP contribution in [0.4, 0.5) is 13.2 Å². The monoisotopic (exact) mass is 166 g/mol. The molecule has 0 radical (unpaired) electrons. The van der Waals surface area contributed by atoms with Gasteiger partial charge in [0.2, 0.25) is 0 Å². The van der Waals surface area contributed by atoms with Crippen molar-refractivity contribution in [2.45, 2.75) is 12.3 Å². The minimum absolute atomic E-state index is 0.280. The van der Waals surface area contributed by atoms with Crippen LogP contribution in [0.15, 0.2) is 23.0 Å². The fourth-order valence-electron chi connectivity index (χ4n) is 0.620. The van der Waals surface area contributed by atoms with Crippen molar-refractivity contribution in [1.29, 1.82) is 0 Å². The van der Waals surface area contributed by atoms with Crippen molar-refractivity contribution in [3.8, 4) is 0 Å². The predicted octanol–water partition coefficient (Wildman–Crippen LogP) is 1.88. The molecule has 0 fully saturated rings. The smallest absolute Gasteiger partial charge is 0.418 e. The summed E-state index contributed by atoms with van der Waals surface area (Å²) in [6.45, 7) is 0. The van der Waals surface area contributed by atoms with Gasteiger partial charge in [-0.25, -0.2) is 0 Å². The molecule has 0 aliphatic rings. The molecule has 0 unspecified atom stereocenters. The molecule has 1 heterocycles. The number of furan rings is 1. The lowest BCUT2D eigenvalue weighted by atomic mass is 10.2. The Balaban J connectivity index is 2.78. The highest BCUT2D eigenvalue weighted by molar-refractivity contribution is 5.10. The SMILES string of the molecule is O[C@@H](c1ccoc1)C(F)(F)F. The number of halogens is 3. The average molecular weight is 166 g/mol.